The lowest BCUT2D eigenvalue weighted by Crippen LogP contribution is -2.07. The molecule has 2 rings (SSSR count). The number of methoxy groups -OCH3 is 1. The molecule has 1 aromatic carbocycles. The molecule has 7 heteroatoms. The van der Waals surface area contributed by atoms with Gasteiger partial charge < -0.3 is 9.47 Å². The van der Waals surface area contributed by atoms with Crippen LogP contribution in [0.2, 0.25) is 0 Å². The molecule has 0 atom stereocenters. The Labute approximate surface area is 144 Å². The zero-order valence-corrected chi connectivity index (χ0v) is 14.5. The topological polar surface area (TPSA) is 77.5 Å². The van der Waals surface area contributed by atoms with Gasteiger partial charge in [0.2, 0.25) is 5.91 Å². The van der Waals surface area contributed by atoms with Gasteiger partial charge in [0.15, 0.2) is 5.13 Å². The molecule has 0 spiro atoms. The maximum Gasteiger partial charge on any atom is 0.350 e. The van der Waals surface area contributed by atoms with Crippen LogP contribution < -0.4 is 10.1 Å². The zero-order valence-electron chi connectivity index (χ0n) is 13.7. The van der Waals surface area contributed by atoms with Crippen molar-refractivity contribution in [1.29, 1.82) is 0 Å². The normalized spacial score (nSPS) is 10.6. The molecule has 0 aliphatic carbocycles. The molecule has 1 N–H and O–H groups in total. The number of benzene rings is 1. The van der Waals surface area contributed by atoms with Gasteiger partial charge >= 0.3 is 5.97 Å². The van der Waals surface area contributed by atoms with Gasteiger partial charge in [-0.3, -0.25) is 10.1 Å². The van der Waals surface area contributed by atoms with Gasteiger partial charge in [-0.25, -0.2) is 9.78 Å². The summed E-state index contributed by atoms with van der Waals surface area (Å²) in [4.78, 5) is 28.3. The molecule has 0 aliphatic rings. The van der Waals surface area contributed by atoms with Crippen LogP contribution in [0.15, 0.2) is 30.3 Å². The molecule has 0 unspecified atom stereocenters. The first-order valence-electron chi connectivity index (χ1n) is 7.31. The summed E-state index contributed by atoms with van der Waals surface area (Å²) in [6.07, 6.45) is 3.04. The van der Waals surface area contributed by atoms with Gasteiger partial charge in [0.05, 0.1) is 19.4 Å². The van der Waals surface area contributed by atoms with E-state index >= 15 is 0 Å². The van der Waals surface area contributed by atoms with E-state index in [1.165, 1.54) is 6.08 Å². The molecule has 126 valence electrons. The van der Waals surface area contributed by atoms with E-state index in [0.29, 0.717) is 28.1 Å². The predicted molar refractivity (Wildman–Crippen MR) is 93.5 cm³/mol. The van der Waals surface area contributed by atoms with Crippen LogP contribution >= 0.6 is 11.3 Å². The SMILES string of the molecule is CCOC(=O)c1sc(NC(=O)/C=C/c2ccccc2OC)nc1C. The largest absolute Gasteiger partial charge is 0.496 e. The molecule has 1 heterocycles. The van der Waals surface area contributed by atoms with Crippen molar-refractivity contribution >= 4 is 34.4 Å². The molecule has 2 aromatic rings. The van der Waals surface area contributed by atoms with Gasteiger partial charge in [0.25, 0.3) is 0 Å². The fourth-order valence-electron chi connectivity index (χ4n) is 1.95. The van der Waals surface area contributed by atoms with Crippen LogP contribution in [0.1, 0.15) is 27.9 Å². The third-order valence-corrected chi connectivity index (χ3v) is 4.09. The molecular formula is C17H18N2O4S. The van der Waals surface area contributed by atoms with E-state index in [-0.39, 0.29) is 5.91 Å². The molecule has 6 nitrogen and oxygen atoms in total. The number of hydrogen-bond donors (Lipinski definition) is 1. The van der Waals surface area contributed by atoms with Gasteiger partial charge in [-0.2, -0.15) is 0 Å². The van der Waals surface area contributed by atoms with Gasteiger partial charge in [-0.1, -0.05) is 29.5 Å². The first kappa shape index (κ1) is 17.7. The number of hydrogen-bond acceptors (Lipinski definition) is 6. The highest BCUT2D eigenvalue weighted by Crippen LogP contribution is 2.23. The van der Waals surface area contributed by atoms with E-state index in [1.54, 1.807) is 27.0 Å². The number of amides is 1. The number of ether oxygens (including phenoxy) is 2. The second-order valence-corrected chi connectivity index (χ2v) is 5.72. The van der Waals surface area contributed by atoms with Crippen LogP contribution in [0.25, 0.3) is 6.08 Å². The number of esters is 1. The Hall–Kier alpha value is -2.67. The third-order valence-electron chi connectivity index (χ3n) is 3.04. The average molecular weight is 346 g/mol. The van der Waals surface area contributed by atoms with Crippen molar-refractivity contribution in [3.05, 3.63) is 46.5 Å². The second-order valence-electron chi connectivity index (χ2n) is 4.72. The Morgan fingerprint density at radius 2 is 2.08 bits per heavy atom. The first-order valence-corrected chi connectivity index (χ1v) is 8.13. The van der Waals surface area contributed by atoms with Gasteiger partial charge in [-0.05, 0) is 26.0 Å². The summed E-state index contributed by atoms with van der Waals surface area (Å²) in [5.74, 6) is -0.0983. The monoisotopic (exact) mass is 346 g/mol. The molecule has 0 saturated heterocycles. The maximum atomic E-state index is 12.0. The molecule has 0 fully saturated rings. The first-order chi connectivity index (χ1) is 11.5. The number of carbonyl (C=O) groups excluding carboxylic acids is 2. The number of thiazole rings is 1. The number of para-hydroxylation sites is 1. The number of aromatic nitrogens is 1. The molecule has 0 bridgehead atoms. The van der Waals surface area contributed by atoms with Gasteiger partial charge in [0.1, 0.15) is 10.6 Å². The van der Waals surface area contributed by atoms with E-state index in [1.807, 2.05) is 24.3 Å². The molecule has 0 saturated carbocycles. The maximum absolute atomic E-state index is 12.0. The number of anilines is 1. The Kier molecular flexibility index (Phi) is 6.08. The number of nitrogens with one attached hydrogen (secondary N) is 1. The van der Waals surface area contributed by atoms with Crippen LogP contribution in [0.5, 0.6) is 5.75 Å². The van der Waals surface area contributed by atoms with E-state index in [2.05, 4.69) is 10.3 Å². The van der Waals surface area contributed by atoms with Crippen LogP contribution in [0, 0.1) is 6.92 Å². The van der Waals surface area contributed by atoms with Crippen molar-refractivity contribution in [2.45, 2.75) is 13.8 Å². The highest BCUT2D eigenvalue weighted by molar-refractivity contribution is 7.17. The quantitative estimate of drug-likeness (QED) is 0.641. The average Bonchev–Trinajstić information content (AvgIpc) is 2.93. The Morgan fingerprint density at radius 3 is 2.79 bits per heavy atom. The van der Waals surface area contributed by atoms with Crippen LogP contribution in [0.4, 0.5) is 5.13 Å². The number of nitrogens with zero attached hydrogens (tertiary/aromatic N) is 1. The molecule has 0 radical (unpaired) electrons. The highest BCUT2D eigenvalue weighted by atomic mass is 32.1. The summed E-state index contributed by atoms with van der Waals surface area (Å²) in [6.45, 7) is 3.72. The standard InChI is InChI=1S/C17H18N2O4S/c1-4-23-16(21)15-11(2)18-17(24-15)19-14(20)10-9-12-7-5-6-8-13(12)22-3/h5-10H,4H2,1-3H3,(H,18,19,20)/b10-9+. The van der Waals surface area contributed by atoms with Crippen molar-refractivity contribution in [2.24, 2.45) is 0 Å². The number of aryl methyl sites for hydroxylation is 1. The molecular weight excluding hydrogens is 328 g/mol. The molecule has 1 amide bonds. The fraction of sp³-hybridized carbons (Fsp3) is 0.235. The Morgan fingerprint density at radius 1 is 1.33 bits per heavy atom. The van der Waals surface area contributed by atoms with E-state index in [4.69, 9.17) is 9.47 Å². The number of carbonyl (C=O) groups is 2. The van der Waals surface area contributed by atoms with Crippen molar-refractivity contribution in [1.82, 2.24) is 4.98 Å². The Balaban J connectivity index is 2.06. The molecule has 0 aliphatic heterocycles. The van der Waals surface area contributed by atoms with Crippen LogP contribution in [-0.2, 0) is 9.53 Å². The lowest BCUT2D eigenvalue weighted by Gasteiger charge is -2.03. The van der Waals surface area contributed by atoms with Gasteiger partial charge in [-0.15, -0.1) is 0 Å². The van der Waals surface area contributed by atoms with Crippen molar-refractivity contribution < 1.29 is 19.1 Å². The minimum absolute atomic E-state index is 0.291. The summed E-state index contributed by atoms with van der Waals surface area (Å²) in [5.41, 5.74) is 1.32. The summed E-state index contributed by atoms with van der Waals surface area (Å²) < 4.78 is 10.2. The van der Waals surface area contributed by atoms with Gasteiger partial charge in [0, 0.05) is 11.6 Å². The summed E-state index contributed by atoms with van der Waals surface area (Å²) in [7, 11) is 1.57. The number of rotatable bonds is 6. The summed E-state index contributed by atoms with van der Waals surface area (Å²) in [5, 5.41) is 2.99. The lowest BCUT2D eigenvalue weighted by atomic mass is 10.2. The zero-order chi connectivity index (χ0) is 17.5. The Bertz CT molecular complexity index is 768. The molecule has 24 heavy (non-hydrogen) atoms. The van der Waals surface area contributed by atoms with E-state index in [0.717, 1.165) is 16.9 Å². The predicted octanol–water partition coefficient (Wildman–Crippen LogP) is 3.29. The highest BCUT2D eigenvalue weighted by Gasteiger charge is 2.16. The minimum atomic E-state index is -0.433. The second kappa shape index (κ2) is 8.26. The lowest BCUT2D eigenvalue weighted by molar-refractivity contribution is -0.111. The molecule has 1 aromatic heterocycles. The summed E-state index contributed by atoms with van der Waals surface area (Å²) >= 11 is 1.09. The van der Waals surface area contributed by atoms with Crippen LogP contribution in [0.3, 0.4) is 0 Å². The van der Waals surface area contributed by atoms with Crippen molar-refractivity contribution in [2.75, 3.05) is 19.0 Å². The van der Waals surface area contributed by atoms with Crippen LogP contribution in [-0.4, -0.2) is 30.6 Å². The van der Waals surface area contributed by atoms with E-state index in [9.17, 15) is 9.59 Å². The minimum Gasteiger partial charge on any atom is -0.496 e. The smallest absolute Gasteiger partial charge is 0.350 e. The van der Waals surface area contributed by atoms with E-state index < -0.39 is 5.97 Å². The summed E-state index contributed by atoms with van der Waals surface area (Å²) in [6, 6.07) is 7.36. The van der Waals surface area contributed by atoms with Crippen molar-refractivity contribution in [3.8, 4) is 5.75 Å². The van der Waals surface area contributed by atoms with Crippen molar-refractivity contribution in [3.63, 3.8) is 0 Å². The fourth-order valence-corrected chi connectivity index (χ4v) is 2.82. The third kappa shape index (κ3) is 4.42.